The number of carbonyl (C=O) groups excluding carboxylic acids is 1. The van der Waals surface area contributed by atoms with Gasteiger partial charge < -0.3 is 14.8 Å². The van der Waals surface area contributed by atoms with Crippen molar-refractivity contribution in [3.63, 3.8) is 0 Å². The van der Waals surface area contributed by atoms with E-state index in [4.69, 9.17) is 0 Å². The molecule has 0 bridgehead atoms. The summed E-state index contributed by atoms with van der Waals surface area (Å²) in [6.07, 6.45) is 4.04. The van der Waals surface area contributed by atoms with Crippen LogP contribution in [0.5, 0.6) is 0 Å². The quantitative estimate of drug-likeness (QED) is 0.860. The zero-order valence-corrected chi connectivity index (χ0v) is 14.7. The lowest BCUT2D eigenvalue weighted by molar-refractivity contribution is -0.127. The standard InChI is InChI=1S/C18H23N5O2/c1-3-14-11-16(24)21-18(20-14)13-6-7-15(19-12-13)22(2)9-10-23-8-4-5-17(23)25/h6-7,11-12H,3-5,8-10H2,1-2H3,(H,20,21,24). The second-order valence-electron chi connectivity index (χ2n) is 6.25. The van der Waals surface area contributed by atoms with Crippen LogP contribution >= 0.6 is 0 Å². The number of likely N-dealkylation sites (N-methyl/N-ethyl adjacent to an activating group) is 1. The smallest absolute Gasteiger partial charge is 0.251 e. The third kappa shape index (κ3) is 4.04. The van der Waals surface area contributed by atoms with Crippen molar-refractivity contribution < 1.29 is 4.79 Å². The van der Waals surface area contributed by atoms with Crippen molar-refractivity contribution in [2.45, 2.75) is 26.2 Å². The summed E-state index contributed by atoms with van der Waals surface area (Å²) >= 11 is 0. The molecule has 132 valence electrons. The Morgan fingerprint density at radius 1 is 1.32 bits per heavy atom. The highest BCUT2D eigenvalue weighted by Crippen LogP contribution is 2.17. The van der Waals surface area contributed by atoms with Gasteiger partial charge in [-0.3, -0.25) is 9.59 Å². The van der Waals surface area contributed by atoms with Crippen LogP contribution in [-0.4, -0.2) is 52.4 Å². The molecule has 2 aromatic rings. The van der Waals surface area contributed by atoms with Crippen LogP contribution in [0.1, 0.15) is 25.5 Å². The minimum atomic E-state index is -0.154. The number of hydrogen-bond acceptors (Lipinski definition) is 5. The maximum Gasteiger partial charge on any atom is 0.251 e. The van der Waals surface area contributed by atoms with Crippen molar-refractivity contribution in [1.29, 1.82) is 0 Å². The Morgan fingerprint density at radius 3 is 2.80 bits per heavy atom. The van der Waals surface area contributed by atoms with Crippen LogP contribution in [0.2, 0.25) is 0 Å². The molecule has 0 aromatic carbocycles. The van der Waals surface area contributed by atoms with Gasteiger partial charge in [-0.25, -0.2) is 9.97 Å². The average molecular weight is 341 g/mol. The molecule has 0 aliphatic carbocycles. The van der Waals surface area contributed by atoms with Crippen molar-refractivity contribution in [3.8, 4) is 11.4 Å². The van der Waals surface area contributed by atoms with E-state index in [0.29, 0.717) is 25.2 Å². The van der Waals surface area contributed by atoms with Crippen LogP contribution in [-0.2, 0) is 11.2 Å². The molecule has 1 aliphatic heterocycles. The van der Waals surface area contributed by atoms with Gasteiger partial charge in [0.2, 0.25) is 5.91 Å². The highest BCUT2D eigenvalue weighted by Gasteiger charge is 2.20. The number of hydrogen-bond donors (Lipinski definition) is 1. The number of aryl methyl sites for hydroxylation is 1. The minimum Gasteiger partial charge on any atom is -0.358 e. The Hall–Kier alpha value is -2.70. The van der Waals surface area contributed by atoms with Crippen LogP contribution in [0.25, 0.3) is 11.4 Å². The number of rotatable bonds is 6. The van der Waals surface area contributed by atoms with Crippen LogP contribution in [0.4, 0.5) is 5.82 Å². The fraction of sp³-hybridized carbons (Fsp3) is 0.444. The van der Waals surface area contributed by atoms with E-state index < -0.39 is 0 Å². The summed E-state index contributed by atoms with van der Waals surface area (Å²) in [6, 6.07) is 5.32. The maximum absolute atomic E-state index is 11.7. The van der Waals surface area contributed by atoms with Crippen LogP contribution in [0.3, 0.4) is 0 Å². The summed E-state index contributed by atoms with van der Waals surface area (Å²) in [7, 11) is 1.96. The molecule has 0 saturated carbocycles. The summed E-state index contributed by atoms with van der Waals surface area (Å²) in [4.78, 5) is 38.9. The number of aromatic nitrogens is 3. The minimum absolute atomic E-state index is 0.154. The molecule has 1 fully saturated rings. The van der Waals surface area contributed by atoms with Gasteiger partial charge in [-0.15, -0.1) is 0 Å². The molecule has 0 unspecified atom stereocenters. The van der Waals surface area contributed by atoms with E-state index in [1.165, 1.54) is 6.07 Å². The fourth-order valence-electron chi connectivity index (χ4n) is 2.90. The normalized spacial score (nSPS) is 14.2. The number of aromatic amines is 1. The molecule has 3 heterocycles. The first-order chi connectivity index (χ1) is 12.1. The Bertz CT molecular complexity index is 800. The predicted octanol–water partition coefficient (Wildman–Crippen LogP) is 1.45. The first-order valence-electron chi connectivity index (χ1n) is 8.62. The van der Waals surface area contributed by atoms with E-state index in [1.54, 1.807) is 6.20 Å². The monoisotopic (exact) mass is 341 g/mol. The molecule has 0 spiro atoms. The van der Waals surface area contributed by atoms with Crippen molar-refractivity contribution >= 4 is 11.7 Å². The lowest BCUT2D eigenvalue weighted by Crippen LogP contribution is -2.34. The molecule has 1 saturated heterocycles. The molecule has 0 atom stereocenters. The van der Waals surface area contributed by atoms with Gasteiger partial charge in [-0.1, -0.05) is 6.92 Å². The molecule has 1 amide bonds. The highest BCUT2D eigenvalue weighted by atomic mass is 16.2. The van der Waals surface area contributed by atoms with Crippen molar-refractivity contribution in [2.75, 3.05) is 31.6 Å². The first-order valence-corrected chi connectivity index (χ1v) is 8.62. The molecule has 7 heteroatoms. The summed E-state index contributed by atoms with van der Waals surface area (Å²) < 4.78 is 0. The van der Waals surface area contributed by atoms with E-state index in [0.717, 1.165) is 36.6 Å². The zero-order valence-electron chi connectivity index (χ0n) is 14.7. The van der Waals surface area contributed by atoms with Gasteiger partial charge in [-0.05, 0) is 25.0 Å². The highest BCUT2D eigenvalue weighted by molar-refractivity contribution is 5.78. The number of H-pyrrole nitrogens is 1. The first kappa shape index (κ1) is 17.1. The van der Waals surface area contributed by atoms with Gasteiger partial charge in [0, 0.05) is 56.6 Å². The number of amides is 1. The molecular formula is C18H23N5O2. The third-order valence-electron chi connectivity index (χ3n) is 4.45. The van der Waals surface area contributed by atoms with Crippen LogP contribution in [0, 0.1) is 0 Å². The van der Waals surface area contributed by atoms with Crippen molar-refractivity contribution in [2.24, 2.45) is 0 Å². The molecule has 1 aliphatic rings. The van der Waals surface area contributed by atoms with E-state index in [2.05, 4.69) is 15.0 Å². The Morgan fingerprint density at radius 2 is 2.16 bits per heavy atom. The van der Waals surface area contributed by atoms with Gasteiger partial charge in [0.1, 0.15) is 11.6 Å². The summed E-state index contributed by atoms with van der Waals surface area (Å²) in [6.45, 7) is 4.27. The van der Waals surface area contributed by atoms with Crippen LogP contribution < -0.4 is 10.5 Å². The molecule has 0 radical (unpaired) electrons. The SMILES string of the molecule is CCc1cc(=O)[nH]c(-c2ccc(N(C)CCN3CCCC3=O)nc2)n1. The largest absolute Gasteiger partial charge is 0.358 e. The molecule has 3 rings (SSSR count). The lowest BCUT2D eigenvalue weighted by atomic mass is 10.2. The number of likely N-dealkylation sites (tertiary alicyclic amines) is 1. The van der Waals surface area contributed by atoms with Gasteiger partial charge in [0.25, 0.3) is 5.56 Å². The van der Waals surface area contributed by atoms with E-state index in [1.807, 2.05) is 35.9 Å². The van der Waals surface area contributed by atoms with Crippen LogP contribution in [0.15, 0.2) is 29.2 Å². The topological polar surface area (TPSA) is 82.2 Å². The number of nitrogens with zero attached hydrogens (tertiary/aromatic N) is 4. The van der Waals surface area contributed by atoms with E-state index >= 15 is 0 Å². The summed E-state index contributed by atoms with van der Waals surface area (Å²) in [5, 5.41) is 0. The second-order valence-corrected chi connectivity index (χ2v) is 6.25. The fourth-order valence-corrected chi connectivity index (χ4v) is 2.90. The number of carbonyl (C=O) groups is 1. The Kier molecular flexibility index (Phi) is 5.11. The predicted molar refractivity (Wildman–Crippen MR) is 96.6 cm³/mol. The number of pyridine rings is 1. The van der Waals surface area contributed by atoms with Gasteiger partial charge in [-0.2, -0.15) is 0 Å². The van der Waals surface area contributed by atoms with Crippen molar-refractivity contribution in [1.82, 2.24) is 19.9 Å². The maximum atomic E-state index is 11.7. The number of anilines is 1. The van der Waals surface area contributed by atoms with Gasteiger partial charge in [0.15, 0.2) is 0 Å². The van der Waals surface area contributed by atoms with Gasteiger partial charge >= 0.3 is 0 Å². The molecule has 7 nitrogen and oxygen atoms in total. The lowest BCUT2D eigenvalue weighted by Gasteiger charge is -2.22. The zero-order chi connectivity index (χ0) is 17.8. The number of nitrogens with one attached hydrogen (secondary N) is 1. The second kappa shape index (κ2) is 7.46. The summed E-state index contributed by atoms with van der Waals surface area (Å²) in [5.74, 6) is 1.60. The van der Waals surface area contributed by atoms with Crippen molar-refractivity contribution in [3.05, 3.63) is 40.4 Å². The van der Waals surface area contributed by atoms with E-state index in [-0.39, 0.29) is 11.5 Å². The Balaban J connectivity index is 1.68. The molecule has 2 aromatic heterocycles. The molecule has 1 N–H and O–H groups in total. The summed E-state index contributed by atoms with van der Waals surface area (Å²) in [5.41, 5.74) is 1.38. The van der Waals surface area contributed by atoms with E-state index in [9.17, 15) is 9.59 Å². The van der Waals surface area contributed by atoms with Gasteiger partial charge in [0.05, 0.1) is 0 Å². The Labute approximate surface area is 146 Å². The molecular weight excluding hydrogens is 318 g/mol. The third-order valence-corrected chi connectivity index (χ3v) is 4.45. The molecule has 25 heavy (non-hydrogen) atoms. The average Bonchev–Trinajstić information content (AvgIpc) is 3.04.